The number of rotatable bonds is 11. The molecule has 2 atom stereocenters. The summed E-state index contributed by atoms with van der Waals surface area (Å²) in [5.41, 5.74) is 0. The fraction of sp³-hybridized carbons (Fsp3) is 0.938. The summed E-state index contributed by atoms with van der Waals surface area (Å²) in [5, 5.41) is 3.49. The summed E-state index contributed by atoms with van der Waals surface area (Å²) in [6.07, 6.45) is 7.62. The molecule has 1 N–H and O–H groups in total. The highest BCUT2D eigenvalue weighted by atomic mass is 16.5. The van der Waals surface area contributed by atoms with Gasteiger partial charge in [0.05, 0.1) is 12.2 Å². The minimum atomic E-state index is 0.0394. The fourth-order valence-corrected chi connectivity index (χ4v) is 2.71. The molecular weight excluding hydrogens is 252 g/mol. The molecule has 0 saturated carbocycles. The largest absolute Gasteiger partial charge is 0.381 e. The van der Waals surface area contributed by atoms with Crippen LogP contribution in [-0.2, 0) is 9.53 Å². The van der Waals surface area contributed by atoms with Crippen LogP contribution in [0.1, 0.15) is 65.7 Å². The molecule has 1 aliphatic heterocycles. The second-order valence-corrected chi connectivity index (χ2v) is 5.66. The molecule has 20 heavy (non-hydrogen) atoms. The lowest BCUT2D eigenvalue weighted by atomic mass is 10.2. The summed E-state index contributed by atoms with van der Waals surface area (Å²) in [5.74, 6) is 0.291. The van der Waals surface area contributed by atoms with Crippen LogP contribution in [0.15, 0.2) is 0 Å². The maximum absolute atomic E-state index is 12.4. The van der Waals surface area contributed by atoms with E-state index in [-0.39, 0.29) is 12.2 Å². The quantitative estimate of drug-likeness (QED) is 0.593. The molecule has 1 aliphatic rings. The number of hydrogen-bond acceptors (Lipinski definition) is 3. The van der Waals surface area contributed by atoms with Crippen molar-refractivity contribution in [3.8, 4) is 0 Å². The second kappa shape index (κ2) is 10.2. The summed E-state index contributed by atoms with van der Waals surface area (Å²) in [7, 11) is 0. The Morgan fingerprint density at radius 2 is 1.75 bits per heavy atom. The molecule has 0 aromatic rings. The number of carbonyl (C=O) groups excluding carboxylic acids is 1. The molecule has 1 rings (SSSR count). The van der Waals surface area contributed by atoms with Gasteiger partial charge in [-0.05, 0) is 25.7 Å². The second-order valence-electron chi connectivity index (χ2n) is 5.66. The Hall–Kier alpha value is -0.610. The maximum Gasteiger partial charge on any atom is 0.241 e. The van der Waals surface area contributed by atoms with E-state index >= 15 is 0 Å². The molecule has 4 heteroatoms. The number of unbranched alkanes of at least 4 members (excludes halogenated alkanes) is 1. The van der Waals surface area contributed by atoms with Crippen molar-refractivity contribution in [2.45, 2.75) is 77.9 Å². The summed E-state index contributed by atoms with van der Waals surface area (Å²) in [6.45, 7) is 8.91. The lowest BCUT2D eigenvalue weighted by Gasteiger charge is -2.23. The molecule has 0 spiro atoms. The minimum Gasteiger partial charge on any atom is -0.381 e. The Morgan fingerprint density at radius 1 is 1.05 bits per heavy atom. The Labute approximate surface area is 124 Å². The van der Waals surface area contributed by atoms with Gasteiger partial charge in [-0.1, -0.05) is 40.0 Å². The normalized spacial score (nSPS) is 22.8. The van der Waals surface area contributed by atoms with E-state index in [9.17, 15) is 4.79 Å². The van der Waals surface area contributed by atoms with Crippen molar-refractivity contribution in [1.82, 2.24) is 10.2 Å². The molecule has 1 saturated heterocycles. The Balaban J connectivity index is 2.33. The highest BCUT2D eigenvalue weighted by Gasteiger charge is 2.36. The topological polar surface area (TPSA) is 41.6 Å². The zero-order valence-corrected chi connectivity index (χ0v) is 13.5. The molecule has 0 aliphatic carbocycles. The predicted octanol–water partition coefficient (Wildman–Crippen LogP) is 2.92. The number of nitrogens with one attached hydrogen (secondary N) is 1. The number of amides is 1. The van der Waals surface area contributed by atoms with Crippen LogP contribution < -0.4 is 5.32 Å². The molecule has 1 amide bonds. The van der Waals surface area contributed by atoms with E-state index in [4.69, 9.17) is 4.74 Å². The highest BCUT2D eigenvalue weighted by Crippen LogP contribution is 2.18. The first-order valence-electron chi connectivity index (χ1n) is 8.38. The lowest BCUT2D eigenvalue weighted by Crippen LogP contribution is -2.38. The molecule has 118 valence electrons. The molecule has 2 unspecified atom stereocenters. The van der Waals surface area contributed by atoms with Gasteiger partial charge in [0.1, 0.15) is 0 Å². The summed E-state index contributed by atoms with van der Waals surface area (Å²) in [6, 6.07) is 0.0394. The number of nitrogens with zero attached hydrogens (tertiary/aromatic N) is 1. The lowest BCUT2D eigenvalue weighted by molar-refractivity contribution is -0.130. The van der Waals surface area contributed by atoms with E-state index < -0.39 is 0 Å². The van der Waals surface area contributed by atoms with Crippen molar-refractivity contribution >= 4 is 5.91 Å². The average Bonchev–Trinajstić information content (AvgIpc) is 2.72. The van der Waals surface area contributed by atoms with Crippen LogP contribution in [0.3, 0.4) is 0 Å². The monoisotopic (exact) mass is 284 g/mol. The standard InChI is InChI=1S/C16H32N2O2/c1-4-7-12-20-13-8-11-18-15(10-6-3)17-14(9-5-2)16(18)19/h14-15,17H,4-13H2,1-3H3. The van der Waals surface area contributed by atoms with Crippen molar-refractivity contribution in [1.29, 1.82) is 0 Å². The summed E-state index contributed by atoms with van der Waals surface area (Å²) in [4.78, 5) is 14.4. The van der Waals surface area contributed by atoms with Gasteiger partial charge in [0.2, 0.25) is 5.91 Å². The fourth-order valence-electron chi connectivity index (χ4n) is 2.71. The van der Waals surface area contributed by atoms with Gasteiger partial charge >= 0.3 is 0 Å². The van der Waals surface area contributed by atoms with E-state index in [1.165, 1.54) is 6.42 Å². The highest BCUT2D eigenvalue weighted by molar-refractivity contribution is 5.84. The molecule has 1 fully saturated rings. The van der Waals surface area contributed by atoms with E-state index in [0.717, 1.165) is 58.3 Å². The third-order valence-corrected chi connectivity index (χ3v) is 3.82. The van der Waals surface area contributed by atoms with E-state index in [1.807, 2.05) is 4.90 Å². The van der Waals surface area contributed by atoms with Crippen LogP contribution in [-0.4, -0.2) is 42.8 Å². The van der Waals surface area contributed by atoms with Gasteiger partial charge in [-0.2, -0.15) is 0 Å². The molecule has 4 nitrogen and oxygen atoms in total. The minimum absolute atomic E-state index is 0.0394. The van der Waals surface area contributed by atoms with Gasteiger partial charge in [-0.25, -0.2) is 0 Å². The number of hydrogen-bond donors (Lipinski definition) is 1. The van der Waals surface area contributed by atoms with Crippen LogP contribution in [0.2, 0.25) is 0 Å². The van der Waals surface area contributed by atoms with Gasteiger partial charge < -0.3 is 9.64 Å². The van der Waals surface area contributed by atoms with Gasteiger partial charge in [0.15, 0.2) is 0 Å². The van der Waals surface area contributed by atoms with Crippen molar-refractivity contribution in [2.24, 2.45) is 0 Å². The first-order chi connectivity index (χ1) is 9.74. The van der Waals surface area contributed by atoms with Crippen molar-refractivity contribution in [3.63, 3.8) is 0 Å². The third kappa shape index (κ3) is 5.41. The average molecular weight is 284 g/mol. The van der Waals surface area contributed by atoms with Gasteiger partial charge in [0, 0.05) is 19.8 Å². The van der Waals surface area contributed by atoms with E-state index in [0.29, 0.717) is 5.91 Å². The molecule has 0 radical (unpaired) electrons. The smallest absolute Gasteiger partial charge is 0.241 e. The maximum atomic E-state index is 12.4. The first kappa shape index (κ1) is 17.4. The number of ether oxygens (including phenoxy) is 1. The van der Waals surface area contributed by atoms with E-state index in [2.05, 4.69) is 26.1 Å². The van der Waals surface area contributed by atoms with Gasteiger partial charge in [0.25, 0.3) is 0 Å². The van der Waals surface area contributed by atoms with Gasteiger partial charge in [-0.15, -0.1) is 0 Å². The Morgan fingerprint density at radius 3 is 2.40 bits per heavy atom. The van der Waals surface area contributed by atoms with Crippen molar-refractivity contribution in [3.05, 3.63) is 0 Å². The third-order valence-electron chi connectivity index (χ3n) is 3.82. The van der Waals surface area contributed by atoms with E-state index in [1.54, 1.807) is 0 Å². The SMILES string of the molecule is CCCCOCCCN1C(=O)C(CCC)NC1CCC. The number of carbonyl (C=O) groups is 1. The molecule has 0 bridgehead atoms. The molecular formula is C16H32N2O2. The molecule has 0 aromatic carbocycles. The van der Waals surface area contributed by atoms with Crippen LogP contribution in [0.5, 0.6) is 0 Å². The molecule has 1 heterocycles. The molecule has 0 aromatic heterocycles. The van der Waals surface area contributed by atoms with Crippen LogP contribution in [0, 0.1) is 0 Å². The first-order valence-corrected chi connectivity index (χ1v) is 8.38. The zero-order valence-electron chi connectivity index (χ0n) is 13.5. The summed E-state index contributed by atoms with van der Waals surface area (Å²) >= 11 is 0. The van der Waals surface area contributed by atoms with Crippen LogP contribution >= 0.6 is 0 Å². The Bertz CT molecular complexity index is 271. The van der Waals surface area contributed by atoms with Crippen molar-refractivity contribution < 1.29 is 9.53 Å². The predicted molar refractivity (Wildman–Crippen MR) is 82.6 cm³/mol. The van der Waals surface area contributed by atoms with Crippen molar-refractivity contribution in [2.75, 3.05) is 19.8 Å². The van der Waals surface area contributed by atoms with Crippen LogP contribution in [0.4, 0.5) is 0 Å². The van der Waals surface area contributed by atoms with Gasteiger partial charge in [-0.3, -0.25) is 10.1 Å². The Kier molecular flexibility index (Phi) is 8.86. The zero-order chi connectivity index (χ0) is 14.8. The van der Waals surface area contributed by atoms with Crippen LogP contribution in [0.25, 0.3) is 0 Å². The summed E-state index contributed by atoms with van der Waals surface area (Å²) < 4.78 is 5.58.